The fourth-order valence-corrected chi connectivity index (χ4v) is 3.31. The number of nitrogens with one attached hydrogen (secondary N) is 1. The Balaban J connectivity index is 1.69. The van der Waals surface area contributed by atoms with Crippen molar-refractivity contribution in [1.29, 1.82) is 0 Å². The second kappa shape index (κ2) is 6.91. The fourth-order valence-electron chi connectivity index (χ4n) is 2.42. The van der Waals surface area contributed by atoms with Gasteiger partial charge in [-0.2, -0.15) is 0 Å². The third-order valence-corrected chi connectivity index (χ3v) is 4.59. The quantitative estimate of drug-likeness (QED) is 0.901. The predicted molar refractivity (Wildman–Crippen MR) is 87.2 cm³/mol. The van der Waals surface area contributed by atoms with Gasteiger partial charge in [0.2, 0.25) is 11.9 Å². The van der Waals surface area contributed by atoms with Crippen LogP contribution in [0.5, 0.6) is 11.5 Å². The molecule has 8 heteroatoms. The molecular weight excluding hydrogens is 316 g/mol. The van der Waals surface area contributed by atoms with Crippen molar-refractivity contribution in [2.45, 2.75) is 24.5 Å². The van der Waals surface area contributed by atoms with E-state index >= 15 is 0 Å². The van der Waals surface area contributed by atoms with Gasteiger partial charge in [0.1, 0.15) is 0 Å². The lowest BCUT2D eigenvalue weighted by Crippen LogP contribution is -2.19. The van der Waals surface area contributed by atoms with Gasteiger partial charge in [-0.25, -0.2) is 0 Å². The number of hydrogen-bond acceptors (Lipinski definition) is 6. The molecule has 122 valence electrons. The van der Waals surface area contributed by atoms with Crippen molar-refractivity contribution in [3.05, 3.63) is 23.8 Å². The van der Waals surface area contributed by atoms with Gasteiger partial charge in [-0.05, 0) is 24.1 Å². The van der Waals surface area contributed by atoms with Crippen molar-refractivity contribution in [3.63, 3.8) is 0 Å². The highest BCUT2D eigenvalue weighted by Crippen LogP contribution is 2.28. The summed E-state index contributed by atoms with van der Waals surface area (Å²) in [7, 11) is 3.15. The van der Waals surface area contributed by atoms with Crippen LogP contribution in [0.3, 0.4) is 0 Å². The molecule has 23 heavy (non-hydrogen) atoms. The average molecular weight is 334 g/mol. The maximum absolute atomic E-state index is 12.2. The molecule has 2 heterocycles. The van der Waals surface area contributed by atoms with Gasteiger partial charge >= 0.3 is 0 Å². The van der Waals surface area contributed by atoms with Gasteiger partial charge in [0.05, 0.1) is 20.6 Å². The first kappa shape index (κ1) is 15.7. The standard InChI is InChI=1S/C15H18N4O3S/c1-21-11-5-4-10(8-12(11)22-2)9-13(20)16-14-17-18-15-19(14)6-3-7-23-15/h4-5,8H,3,6-7,9H2,1-2H3,(H,16,17,20). The molecule has 1 aliphatic rings. The van der Waals surface area contributed by atoms with Crippen LogP contribution in [0.2, 0.25) is 0 Å². The Morgan fingerprint density at radius 2 is 2.13 bits per heavy atom. The number of nitrogens with zero attached hydrogens (tertiary/aromatic N) is 3. The molecule has 0 aliphatic carbocycles. The van der Waals surface area contributed by atoms with Gasteiger partial charge in [0, 0.05) is 12.3 Å². The minimum absolute atomic E-state index is 0.136. The zero-order valence-electron chi connectivity index (χ0n) is 13.0. The van der Waals surface area contributed by atoms with Crippen LogP contribution in [0.4, 0.5) is 5.95 Å². The predicted octanol–water partition coefficient (Wildman–Crippen LogP) is 1.97. The lowest BCUT2D eigenvalue weighted by Gasteiger charge is -2.14. The van der Waals surface area contributed by atoms with E-state index in [0.29, 0.717) is 17.4 Å². The molecule has 3 rings (SSSR count). The van der Waals surface area contributed by atoms with E-state index in [1.165, 1.54) is 0 Å². The van der Waals surface area contributed by atoms with Gasteiger partial charge < -0.3 is 9.47 Å². The van der Waals surface area contributed by atoms with Crippen molar-refractivity contribution in [3.8, 4) is 11.5 Å². The Morgan fingerprint density at radius 3 is 2.91 bits per heavy atom. The number of ether oxygens (including phenoxy) is 2. The molecule has 0 unspecified atom stereocenters. The zero-order chi connectivity index (χ0) is 16.2. The topological polar surface area (TPSA) is 78.3 Å². The summed E-state index contributed by atoms with van der Waals surface area (Å²) >= 11 is 1.66. The molecule has 0 fully saturated rings. The molecule has 1 N–H and O–H groups in total. The number of rotatable bonds is 5. The summed E-state index contributed by atoms with van der Waals surface area (Å²) in [4.78, 5) is 12.2. The molecule has 7 nitrogen and oxygen atoms in total. The monoisotopic (exact) mass is 334 g/mol. The van der Waals surface area contributed by atoms with E-state index < -0.39 is 0 Å². The normalized spacial score (nSPS) is 13.3. The summed E-state index contributed by atoms with van der Waals surface area (Å²) < 4.78 is 12.4. The van der Waals surface area contributed by atoms with Crippen molar-refractivity contribution in [1.82, 2.24) is 14.8 Å². The van der Waals surface area contributed by atoms with Crippen LogP contribution in [0.25, 0.3) is 0 Å². The van der Waals surface area contributed by atoms with E-state index in [4.69, 9.17) is 9.47 Å². The molecule has 2 aromatic rings. The van der Waals surface area contributed by atoms with Gasteiger partial charge in [-0.3, -0.25) is 14.7 Å². The number of hydrogen-bond donors (Lipinski definition) is 1. The molecule has 0 spiro atoms. The van der Waals surface area contributed by atoms with Crippen molar-refractivity contribution in [2.75, 3.05) is 25.3 Å². The molecule has 1 aliphatic heterocycles. The Morgan fingerprint density at radius 1 is 1.30 bits per heavy atom. The summed E-state index contributed by atoms with van der Waals surface area (Å²) in [5.74, 6) is 2.66. The van der Waals surface area contributed by atoms with Crippen LogP contribution in [-0.4, -0.2) is 40.6 Å². The zero-order valence-corrected chi connectivity index (χ0v) is 13.9. The Hall–Kier alpha value is -2.22. The summed E-state index contributed by atoms with van der Waals surface area (Å²) in [6.07, 6.45) is 1.28. The first-order valence-electron chi connectivity index (χ1n) is 7.28. The molecule has 0 atom stereocenters. The second-order valence-corrected chi connectivity index (χ2v) is 6.14. The highest BCUT2D eigenvalue weighted by Gasteiger charge is 2.18. The second-order valence-electron chi connectivity index (χ2n) is 5.07. The van der Waals surface area contributed by atoms with Crippen molar-refractivity contribution < 1.29 is 14.3 Å². The first-order valence-corrected chi connectivity index (χ1v) is 8.26. The van der Waals surface area contributed by atoms with Crippen molar-refractivity contribution >= 4 is 23.6 Å². The number of fused-ring (bicyclic) bond motifs is 1. The molecule has 1 aromatic heterocycles. The molecule has 0 bridgehead atoms. The fraction of sp³-hybridized carbons (Fsp3) is 0.400. The van der Waals surface area contributed by atoms with Crippen LogP contribution >= 0.6 is 11.8 Å². The smallest absolute Gasteiger partial charge is 0.231 e. The highest BCUT2D eigenvalue weighted by molar-refractivity contribution is 7.99. The molecule has 0 radical (unpaired) electrons. The number of carbonyl (C=O) groups is 1. The van der Waals surface area contributed by atoms with Crippen LogP contribution in [0, 0.1) is 0 Å². The third-order valence-electron chi connectivity index (χ3n) is 3.54. The van der Waals surface area contributed by atoms with Gasteiger partial charge in [0.15, 0.2) is 16.7 Å². The van der Waals surface area contributed by atoms with Gasteiger partial charge in [-0.1, -0.05) is 17.8 Å². The maximum Gasteiger partial charge on any atom is 0.231 e. The Labute approximate surface area is 138 Å². The van der Waals surface area contributed by atoms with Crippen molar-refractivity contribution in [2.24, 2.45) is 0 Å². The summed E-state index contributed by atoms with van der Waals surface area (Å²) in [6, 6.07) is 5.43. The SMILES string of the molecule is COc1ccc(CC(=O)Nc2nnc3n2CCCS3)cc1OC. The number of methoxy groups -OCH3 is 2. The number of anilines is 1. The molecular formula is C15H18N4O3S. The number of amides is 1. The summed E-state index contributed by atoms with van der Waals surface area (Å²) in [5.41, 5.74) is 0.841. The van der Waals surface area contributed by atoms with E-state index in [-0.39, 0.29) is 12.3 Å². The van der Waals surface area contributed by atoms with Crippen LogP contribution in [-0.2, 0) is 17.8 Å². The third kappa shape index (κ3) is 3.42. The minimum atomic E-state index is -0.136. The van der Waals surface area contributed by atoms with Gasteiger partial charge in [0.25, 0.3) is 0 Å². The molecule has 1 aromatic carbocycles. The molecule has 0 saturated carbocycles. The summed E-state index contributed by atoms with van der Waals surface area (Å²) in [6.45, 7) is 0.835. The number of carbonyl (C=O) groups excluding carboxylic acids is 1. The van der Waals surface area contributed by atoms with E-state index in [0.717, 1.165) is 29.4 Å². The lowest BCUT2D eigenvalue weighted by molar-refractivity contribution is -0.115. The Kier molecular flexibility index (Phi) is 4.71. The van der Waals surface area contributed by atoms with E-state index in [9.17, 15) is 4.79 Å². The summed E-state index contributed by atoms with van der Waals surface area (Å²) in [5, 5.41) is 11.8. The Bertz CT molecular complexity index is 717. The average Bonchev–Trinajstić information content (AvgIpc) is 2.97. The molecule has 0 saturated heterocycles. The van der Waals surface area contributed by atoms with Gasteiger partial charge in [-0.15, -0.1) is 10.2 Å². The number of thioether (sulfide) groups is 1. The number of aromatic nitrogens is 3. The molecule has 1 amide bonds. The number of benzene rings is 1. The lowest BCUT2D eigenvalue weighted by atomic mass is 10.1. The highest BCUT2D eigenvalue weighted by atomic mass is 32.2. The van der Waals surface area contributed by atoms with Crippen LogP contribution in [0.15, 0.2) is 23.4 Å². The minimum Gasteiger partial charge on any atom is -0.493 e. The van der Waals surface area contributed by atoms with E-state index in [2.05, 4.69) is 15.5 Å². The first-order chi connectivity index (χ1) is 11.2. The maximum atomic E-state index is 12.2. The largest absolute Gasteiger partial charge is 0.493 e. The van der Waals surface area contributed by atoms with Crippen LogP contribution in [0.1, 0.15) is 12.0 Å². The van der Waals surface area contributed by atoms with E-state index in [1.54, 1.807) is 38.1 Å². The van der Waals surface area contributed by atoms with Crippen LogP contribution < -0.4 is 14.8 Å². The van der Waals surface area contributed by atoms with E-state index in [1.807, 2.05) is 10.6 Å².